The van der Waals surface area contributed by atoms with Gasteiger partial charge < -0.3 is 4.90 Å². The second-order valence-corrected chi connectivity index (χ2v) is 9.31. The van der Waals surface area contributed by atoms with E-state index >= 15 is 0 Å². The first-order valence-electron chi connectivity index (χ1n) is 11.5. The standard InChI is InChI=1S/C26H22F3N5OS/c27-26(28,29)20-7-5-8-21(16-20)34-23(18-10-12-30-13-11-18)31-32-25(34)36-17-19-6-1-2-9-22(19)24(35)33-14-3-4-15-33/h1-2,5-13,16H,3-4,14-15,17H2. The average molecular weight is 510 g/mol. The number of hydrogen-bond donors (Lipinski definition) is 0. The molecule has 1 saturated heterocycles. The fourth-order valence-corrected chi connectivity index (χ4v) is 5.15. The van der Waals surface area contributed by atoms with Gasteiger partial charge in [-0.3, -0.25) is 14.3 Å². The van der Waals surface area contributed by atoms with Crippen molar-refractivity contribution in [1.29, 1.82) is 0 Å². The Labute approximate surface area is 210 Å². The number of likely N-dealkylation sites (tertiary alicyclic amines) is 1. The molecule has 1 aliphatic rings. The number of benzene rings is 2. The molecule has 0 atom stereocenters. The van der Waals surface area contributed by atoms with E-state index in [1.165, 1.54) is 17.8 Å². The van der Waals surface area contributed by atoms with Gasteiger partial charge in [0.1, 0.15) is 0 Å². The highest BCUT2D eigenvalue weighted by molar-refractivity contribution is 7.98. The fraction of sp³-hybridized carbons (Fsp3) is 0.231. The van der Waals surface area contributed by atoms with Crippen LogP contribution in [0.5, 0.6) is 0 Å². The zero-order chi connectivity index (χ0) is 25.1. The first kappa shape index (κ1) is 24.1. The predicted molar refractivity (Wildman–Crippen MR) is 131 cm³/mol. The Hall–Kier alpha value is -3.66. The second kappa shape index (κ2) is 10.1. The molecular weight excluding hydrogens is 487 g/mol. The van der Waals surface area contributed by atoms with Gasteiger partial charge in [-0.15, -0.1) is 10.2 Å². The molecule has 184 valence electrons. The molecule has 2 aromatic carbocycles. The van der Waals surface area contributed by atoms with Crippen LogP contribution in [0.3, 0.4) is 0 Å². The lowest BCUT2D eigenvalue weighted by Gasteiger charge is -2.17. The molecule has 0 aliphatic carbocycles. The molecule has 0 N–H and O–H groups in total. The van der Waals surface area contributed by atoms with Crippen LogP contribution in [0.2, 0.25) is 0 Å². The highest BCUT2D eigenvalue weighted by Gasteiger charge is 2.31. The normalized spacial score (nSPS) is 13.8. The lowest BCUT2D eigenvalue weighted by molar-refractivity contribution is -0.137. The number of thioether (sulfide) groups is 1. The molecule has 4 aromatic rings. The molecule has 0 spiro atoms. The van der Waals surface area contributed by atoms with Crippen LogP contribution in [0.1, 0.15) is 34.3 Å². The lowest BCUT2D eigenvalue weighted by Crippen LogP contribution is -2.28. The highest BCUT2D eigenvalue weighted by Crippen LogP contribution is 2.34. The van der Waals surface area contributed by atoms with Crippen LogP contribution in [-0.4, -0.2) is 43.6 Å². The van der Waals surface area contributed by atoms with Gasteiger partial charge in [0.15, 0.2) is 11.0 Å². The summed E-state index contributed by atoms with van der Waals surface area (Å²) in [6, 6.07) is 16.0. The van der Waals surface area contributed by atoms with Gasteiger partial charge in [0.2, 0.25) is 0 Å². The molecule has 1 fully saturated rings. The summed E-state index contributed by atoms with van der Waals surface area (Å²) in [4.78, 5) is 18.9. The van der Waals surface area contributed by atoms with Crippen molar-refractivity contribution in [2.45, 2.75) is 29.9 Å². The summed E-state index contributed by atoms with van der Waals surface area (Å²) >= 11 is 1.32. The maximum atomic E-state index is 13.5. The number of alkyl halides is 3. The molecule has 0 saturated carbocycles. The zero-order valence-electron chi connectivity index (χ0n) is 19.2. The summed E-state index contributed by atoms with van der Waals surface area (Å²) in [7, 11) is 0. The lowest BCUT2D eigenvalue weighted by atomic mass is 10.1. The third-order valence-corrected chi connectivity index (χ3v) is 6.98. The van der Waals surface area contributed by atoms with Crippen LogP contribution < -0.4 is 0 Å². The maximum Gasteiger partial charge on any atom is 0.416 e. The van der Waals surface area contributed by atoms with Gasteiger partial charge in [0.05, 0.1) is 11.3 Å². The number of rotatable bonds is 6. The van der Waals surface area contributed by atoms with Crippen molar-refractivity contribution in [2.24, 2.45) is 0 Å². The van der Waals surface area contributed by atoms with Gasteiger partial charge in [-0.2, -0.15) is 13.2 Å². The number of aromatic nitrogens is 4. The van der Waals surface area contributed by atoms with Gasteiger partial charge in [-0.25, -0.2) is 0 Å². The Kier molecular flexibility index (Phi) is 6.77. The Morgan fingerprint density at radius 1 is 0.944 bits per heavy atom. The molecule has 0 unspecified atom stereocenters. The van der Waals surface area contributed by atoms with Crippen molar-refractivity contribution >= 4 is 17.7 Å². The summed E-state index contributed by atoms with van der Waals surface area (Å²) in [5.74, 6) is 0.810. The zero-order valence-corrected chi connectivity index (χ0v) is 20.0. The summed E-state index contributed by atoms with van der Waals surface area (Å²) in [5, 5.41) is 9.02. The van der Waals surface area contributed by atoms with E-state index in [4.69, 9.17) is 0 Å². The van der Waals surface area contributed by atoms with E-state index in [2.05, 4.69) is 15.2 Å². The van der Waals surface area contributed by atoms with E-state index in [-0.39, 0.29) is 5.91 Å². The van der Waals surface area contributed by atoms with Crippen LogP contribution in [0, 0.1) is 0 Å². The van der Waals surface area contributed by atoms with E-state index in [1.807, 2.05) is 29.2 Å². The monoisotopic (exact) mass is 509 g/mol. The molecule has 36 heavy (non-hydrogen) atoms. The van der Waals surface area contributed by atoms with E-state index in [9.17, 15) is 18.0 Å². The number of hydrogen-bond acceptors (Lipinski definition) is 5. The van der Waals surface area contributed by atoms with Crippen molar-refractivity contribution in [1.82, 2.24) is 24.6 Å². The summed E-state index contributed by atoms with van der Waals surface area (Å²) in [6.45, 7) is 1.50. The van der Waals surface area contributed by atoms with E-state index < -0.39 is 11.7 Å². The molecule has 2 aromatic heterocycles. The maximum absolute atomic E-state index is 13.5. The molecule has 1 amide bonds. The minimum absolute atomic E-state index is 0.000481. The number of halogens is 3. The number of amides is 1. The number of carbonyl (C=O) groups excluding carboxylic acids is 1. The van der Waals surface area contributed by atoms with Gasteiger partial charge in [-0.05, 0) is 54.8 Å². The van der Waals surface area contributed by atoms with Crippen LogP contribution in [-0.2, 0) is 11.9 Å². The molecule has 5 rings (SSSR count). The summed E-state index contributed by atoms with van der Waals surface area (Å²) in [5.41, 5.74) is 1.68. The average Bonchev–Trinajstić information content (AvgIpc) is 3.58. The van der Waals surface area contributed by atoms with Crippen molar-refractivity contribution < 1.29 is 18.0 Å². The summed E-state index contributed by atoms with van der Waals surface area (Å²) < 4.78 is 42.0. The second-order valence-electron chi connectivity index (χ2n) is 8.37. The minimum Gasteiger partial charge on any atom is -0.339 e. The first-order chi connectivity index (χ1) is 17.4. The Morgan fingerprint density at radius 2 is 1.69 bits per heavy atom. The molecule has 0 radical (unpaired) electrons. The Bertz CT molecular complexity index is 1370. The molecule has 10 heteroatoms. The number of pyridine rings is 1. The smallest absolute Gasteiger partial charge is 0.339 e. The molecular formula is C26H22F3N5OS. The van der Waals surface area contributed by atoms with Gasteiger partial charge in [0.25, 0.3) is 5.91 Å². The van der Waals surface area contributed by atoms with E-state index in [1.54, 1.807) is 35.2 Å². The van der Waals surface area contributed by atoms with Crippen molar-refractivity contribution in [3.63, 3.8) is 0 Å². The third kappa shape index (κ3) is 4.99. The SMILES string of the molecule is O=C(c1ccccc1CSc1nnc(-c2ccncc2)n1-c1cccc(C(F)(F)F)c1)N1CCCC1. The van der Waals surface area contributed by atoms with Crippen molar-refractivity contribution in [3.8, 4) is 17.1 Å². The van der Waals surface area contributed by atoms with Crippen molar-refractivity contribution in [2.75, 3.05) is 13.1 Å². The van der Waals surface area contributed by atoms with Gasteiger partial charge in [-0.1, -0.05) is 36.0 Å². The molecule has 1 aliphatic heterocycles. The molecule has 3 heterocycles. The Morgan fingerprint density at radius 3 is 2.44 bits per heavy atom. The fourth-order valence-electron chi connectivity index (χ4n) is 4.19. The number of nitrogens with zero attached hydrogens (tertiary/aromatic N) is 5. The first-order valence-corrected chi connectivity index (χ1v) is 12.4. The topological polar surface area (TPSA) is 63.9 Å². The van der Waals surface area contributed by atoms with Gasteiger partial charge >= 0.3 is 6.18 Å². The molecule has 0 bridgehead atoms. The number of carbonyl (C=O) groups is 1. The quantitative estimate of drug-likeness (QED) is 0.304. The van der Waals surface area contributed by atoms with E-state index in [0.29, 0.717) is 33.5 Å². The summed E-state index contributed by atoms with van der Waals surface area (Å²) in [6.07, 6.45) is 0.700. The predicted octanol–water partition coefficient (Wildman–Crippen LogP) is 5.88. The Balaban J connectivity index is 1.51. The van der Waals surface area contributed by atoms with E-state index in [0.717, 1.165) is 43.6 Å². The van der Waals surface area contributed by atoms with Crippen molar-refractivity contribution in [3.05, 3.63) is 89.7 Å². The van der Waals surface area contributed by atoms with Crippen LogP contribution >= 0.6 is 11.8 Å². The largest absolute Gasteiger partial charge is 0.416 e. The third-order valence-electron chi connectivity index (χ3n) is 6.00. The molecule has 6 nitrogen and oxygen atoms in total. The van der Waals surface area contributed by atoms with Crippen LogP contribution in [0.15, 0.2) is 78.2 Å². The highest BCUT2D eigenvalue weighted by atomic mass is 32.2. The minimum atomic E-state index is -4.48. The van der Waals surface area contributed by atoms with Crippen LogP contribution in [0.4, 0.5) is 13.2 Å². The van der Waals surface area contributed by atoms with Gasteiger partial charge in [0, 0.05) is 42.4 Å². The van der Waals surface area contributed by atoms with Crippen LogP contribution in [0.25, 0.3) is 17.1 Å².